The van der Waals surface area contributed by atoms with Gasteiger partial charge in [0.2, 0.25) is 0 Å². The Kier molecular flexibility index (Phi) is 3.84. The summed E-state index contributed by atoms with van der Waals surface area (Å²) in [7, 11) is 0. The molecule has 0 aliphatic carbocycles. The zero-order valence-electron chi connectivity index (χ0n) is 12.7. The van der Waals surface area contributed by atoms with E-state index in [9.17, 15) is 4.79 Å². The van der Waals surface area contributed by atoms with Crippen molar-refractivity contribution in [2.24, 2.45) is 5.92 Å². The van der Waals surface area contributed by atoms with Crippen molar-refractivity contribution in [3.8, 4) is 0 Å². The summed E-state index contributed by atoms with van der Waals surface area (Å²) >= 11 is 0. The van der Waals surface area contributed by atoms with Gasteiger partial charge in [-0.05, 0) is 31.0 Å². The van der Waals surface area contributed by atoms with Gasteiger partial charge in [-0.2, -0.15) is 0 Å². The van der Waals surface area contributed by atoms with E-state index in [1.54, 1.807) is 12.1 Å². The van der Waals surface area contributed by atoms with Gasteiger partial charge in [0.25, 0.3) is 0 Å². The van der Waals surface area contributed by atoms with Crippen LogP contribution in [0.3, 0.4) is 0 Å². The van der Waals surface area contributed by atoms with E-state index >= 15 is 0 Å². The summed E-state index contributed by atoms with van der Waals surface area (Å²) < 4.78 is 2.25. The molecule has 0 aliphatic heterocycles. The molecule has 1 atom stereocenters. The second-order valence-corrected chi connectivity index (χ2v) is 5.99. The van der Waals surface area contributed by atoms with Crippen molar-refractivity contribution in [1.82, 2.24) is 9.55 Å². The molecule has 1 aromatic carbocycles. The minimum atomic E-state index is -0.913. The maximum atomic E-state index is 11.1. The van der Waals surface area contributed by atoms with Gasteiger partial charge in [0.05, 0.1) is 16.6 Å². The number of nitrogens with zero attached hydrogens (tertiary/aromatic N) is 2. The molecule has 0 fully saturated rings. The van der Waals surface area contributed by atoms with Crippen LogP contribution in [0.2, 0.25) is 0 Å². The summed E-state index contributed by atoms with van der Waals surface area (Å²) in [6.07, 6.45) is 0. The van der Waals surface area contributed by atoms with Crippen LogP contribution >= 0.6 is 0 Å². The molecule has 1 unspecified atom stereocenters. The second kappa shape index (κ2) is 5.27. The quantitative estimate of drug-likeness (QED) is 0.914. The smallest absolute Gasteiger partial charge is 0.335 e. The predicted molar refractivity (Wildman–Crippen MR) is 80.3 cm³/mol. The minimum absolute atomic E-state index is 0.287. The number of benzene rings is 1. The van der Waals surface area contributed by atoms with Crippen molar-refractivity contribution in [3.05, 3.63) is 29.6 Å². The Morgan fingerprint density at radius 3 is 2.35 bits per heavy atom. The number of carbonyl (C=O) groups is 1. The number of rotatable bonds is 4. The van der Waals surface area contributed by atoms with Crippen LogP contribution in [0.5, 0.6) is 0 Å². The highest BCUT2D eigenvalue weighted by atomic mass is 16.4. The monoisotopic (exact) mass is 274 g/mol. The van der Waals surface area contributed by atoms with Gasteiger partial charge >= 0.3 is 5.97 Å². The van der Waals surface area contributed by atoms with Gasteiger partial charge in [-0.15, -0.1) is 0 Å². The van der Waals surface area contributed by atoms with Crippen LogP contribution in [-0.4, -0.2) is 20.6 Å². The summed E-state index contributed by atoms with van der Waals surface area (Å²) in [6.45, 7) is 10.8. The minimum Gasteiger partial charge on any atom is -0.478 e. The van der Waals surface area contributed by atoms with Crippen molar-refractivity contribution in [2.75, 3.05) is 0 Å². The Labute approximate surface area is 119 Å². The van der Waals surface area contributed by atoms with E-state index in [0.29, 0.717) is 17.9 Å². The van der Waals surface area contributed by atoms with Gasteiger partial charge in [-0.3, -0.25) is 0 Å². The van der Waals surface area contributed by atoms with Gasteiger partial charge in [-0.25, -0.2) is 9.78 Å². The molecule has 0 amide bonds. The average molecular weight is 274 g/mol. The molecule has 0 radical (unpaired) electrons. The predicted octanol–water partition coefficient (Wildman–Crippen LogP) is 4.07. The fraction of sp³-hybridized carbons (Fsp3) is 0.500. The SMILES string of the molecule is CC(C)c1nc2cc(C(=O)O)ccc2n1C(C)C(C)C. The largest absolute Gasteiger partial charge is 0.478 e. The van der Waals surface area contributed by atoms with E-state index < -0.39 is 5.97 Å². The third-order valence-electron chi connectivity index (χ3n) is 3.85. The molecule has 1 aromatic heterocycles. The zero-order chi connectivity index (χ0) is 15.0. The summed E-state index contributed by atoms with van der Waals surface area (Å²) in [5.41, 5.74) is 2.07. The van der Waals surface area contributed by atoms with Crippen LogP contribution in [0.15, 0.2) is 18.2 Å². The topological polar surface area (TPSA) is 55.1 Å². The van der Waals surface area contributed by atoms with Gasteiger partial charge in [0, 0.05) is 12.0 Å². The van der Waals surface area contributed by atoms with Gasteiger partial charge < -0.3 is 9.67 Å². The Balaban J connectivity index is 2.70. The number of aromatic nitrogens is 2. The maximum Gasteiger partial charge on any atom is 0.335 e. The molecular weight excluding hydrogens is 252 g/mol. The second-order valence-electron chi connectivity index (χ2n) is 5.99. The fourth-order valence-corrected chi connectivity index (χ4v) is 2.38. The first-order valence-electron chi connectivity index (χ1n) is 7.08. The molecule has 2 rings (SSSR count). The van der Waals surface area contributed by atoms with Gasteiger partial charge in [-0.1, -0.05) is 27.7 Å². The molecule has 4 heteroatoms. The number of hydrogen-bond donors (Lipinski definition) is 1. The average Bonchev–Trinajstić information content (AvgIpc) is 2.75. The number of aromatic carboxylic acids is 1. The summed E-state index contributed by atoms with van der Waals surface area (Å²) in [4.78, 5) is 15.7. The van der Waals surface area contributed by atoms with E-state index in [2.05, 4.69) is 44.2 Å². The van der Waals surface area contributed by atoms with Crippen LogP contribution in [0.4, 0.5) is 0 Å². The maximum absolute atomic E-state index is 11.1. The van der Waals surface area contributed by atoms with E-state index in [4.69, 9.17) is 5.11 Å². The van der Waals surface area contributed by atoms with E-state index in [1.165, 1.54) is 0 Å². The van der Waals surface area contributed by atoms with E-state index in [1.807, 2.05) is 6.07 Å². The zero-order valence-corrected chi connectivity index (χ0v) is 12.7. The van der Waals surface area contributed by atoms with Gasteiger partial charge in [0.15, 0.2) is 0 Å². The fourth-order valence-electron chi connectivity index (χ4n) is 2.38. The van der Waals surface area contributed by atoms with E-state index in [0.717, 1.165) is 16.9 Å². The lowest BCUT2D eigenvalue weighted by molar-refractivity contribution is 0.0697. The molecule has 0 saturated carbocycles. The van der Waals surface area contributed by atoms with Crippen LogP contribution in [0.25, 0.3) is 11.0 Å². The highest BCUT2D eigenvalue weighted by molar-refractivity contribution is 5.92. The number of hydrogen-bond acceptors (Lipinski definition) is 2. The molecule has 0 saturated heterocycles. The van der Waals surface area contributed by atoms with Crippen molar-refractivity contribution in [1.29, 1.82) is 0 Å². The van der Waals surface area contributed by atoms with E-state index in [-0.39, 0.29) is 5.56 Å². The Bertz CT molecular complexity index is 641. The Hall–Kier alpha value is -1.84. The van der Waals surface area contributed by atoms with Crippen LogP contribution in [0.1, 0.15) is 62.8 Å². The molecule has 20 heavy (non-hydrogen) atoms. The lowest BCUT2D eigenvalue weighted by Gasteiger charge is -2.22. The molecule has 0 spiro atoms. The first kappa shape index (κ1) is 14.6. The molecule has 2 aromatic rings. The normalized spacial score (nSPS) is 13.3. The van der Waals surface area contributed by atoms with Crippen molar-refractivity contribution >= 4 is 17.0 Å². The van der Waals surface area contributed by atoms with Crippen molar-refractivity contribution < 1.29 is 9.90 Å². The number of imidazole rings is 1. The molecule has 0 bridgehead atoms. The number of fused-ring (bicyclic) bond motifs is 1. The lowest BCUT2D eigenvalue weighted by atomic mass is 10.0. The van der Waals surface area contributed by atoms with Crippen LogP contribution in [-0.2, 0) is 0 Å². The molecule has 1 heterocycles. The van der Waals surface area contributed by atoms with Crippen LogP contribution < -0.4 is 0 Å². The third-order valence-corrected chi connectivity index (χ3v) is 3.85. The first-order chi connectivity index (χ1) is 9.32. The molecule has 1 N–H and O–H groups in total. The molecule has 4 nitrogen and oxygen atoms in total. The summed E-state index contributed by atoms with van der Waals surface area (Å²) in [5.74, 6) is 0.897. The molecule has 108 valence electrons. The Morgan fingerprint density at radius 1 is 1.20 bits per heavy atom. The third kappa shape index (κ3) is 2.42. The first-order valence-corrected chi connectivity index (χ1v) is 7.08. The number of carboxylic acids is 1. The van der Waals surface area contributed by atoms with Crippen molar-refractivity contribution in [3.63, 3.8) is 0 Å². The lowest BCUT2D eigenvalue weighted by Crippen LogP contribution is -2.15. The molecule has 0 aliphatic rings. The molecular formula is C16H22N2O2. The standard InChI is InChI=1S/C16H22N2O2/c1-9(2)11(5)18-14-7-6-12(16(19)20)8-13(14)17-15(18)10(3)4/h6-11H,1-5H3,(H,19,20). The highest BCUT2D eigenvalue weighted by Crippen LogP contribution is 2.29. The summed E-state index contributed by atoms with van der Waals surface area (Å²) in [6, 6.07) is 5.51. The highest BCUT2D eigenvalue weighted by Gasteiger charge is 2.20. The van der Waals surface area contributed by atoms with Gasteiger partial charge in [0.1, 0.15) is 5.82 Å². The summed E-state index contributed by atoms with van der Waals surface area (Å²) in [5, 5.41) is 9.09. The number of carboxylic acid groups (broad SMARTS) is 1. The van der Waals surface area contributed by atoms with Crippen LogP contribution in [0, 0.1) is 5.92 Å². The van der Waals surface area contributed by atoms with Crippen molar-refractivity contribution in [2.45, 2.75) is 46.6 Å². The Morgan fingerprint density at radius 2 is 1.85 bits per heavy atom.